The maximum atomic E-state index is 12.6. The van der Waals surface area contributed by atoms with Crippen LogP contribution in [0.2, 0.25) is 0 Å². The molecule has 0 saturated heterocycles. The SMILES string of the molecule is CC1CNCc2cc(C(=O)Nc3cncc(C(C)(C)C)c3)ccc21. The lowest BCUT2D eigenvalue weighted by molar-refractivity contribution is 0.102. The first-order chi connectivity index (χ1) is 11.3. The fraction of sp³-hybridized carbons (Fsp3) is 0.400. The molecule has 1 amide bonds. The van der Waals surface area contributed by atoms with Crippen LogP contribution < -0.4 is 10.6 Å². The Morgan fingerprint density at radius 3 is 2.79 bits per heavy atom. The van der Waals surface area contributed by atoms with E-state index in [2.05, 4.69) is 49.4 Å². The van der Waals surface area contributed by atoms with Crippen LogP contribution >= 0.6 is 0 Å². The minimum absolute atomic E-state index is 0.00135. The lowest BCUT2D eigenvalue weighted by atomic mass is 9.88. The first-order valence-corrected chi connectivity index (χ1v) is 8.45. The van der Waals surface area contributed by atoms with E-state index in [0.29, 0.717) is 11.5 Å². The summed E-state index contributed by atoms with van der Waals surface area (Å²) in [6, 6.07) is 7.98. The highest BCUT2D eigenvalue weighted by atomic mass is 16.1. The number of hydrogen-bond donors (Lipinski definition) is 2. The highest BCUT2D eigenvalue weighted by molar-refractivity contribution is 6.04. The number of amides is 1. The molecule has 4 nitrogen and oxygen atoms in total. The number of aromatic nitrogens is 1. The van der Waals surface area contributed by atoms with Crippen LogP contribution in [-0.2, 0) is 12.0 Å². The van der Waals surface area contributed by atoms with Gasteiger partial charge in [-0.3, -0.25) is 9.78 Å². The van der Waals surface area contributed by atoms with Crippen molar-refractivity contribution in [3.05, 3.63) is 58.9 Å². The third kappa shape index (κ3) is 3.49. The molecule has 2 heterocycles. The minimum Gasteiger partial charge on any atom is -0.321 e. The zero-order valence-corrected chi connectivity index (χ0v) is 14.8. The number of pyridine rings is 1. The van der Waals surface area contributed by atoms with Gasteiger partial charge in [-0.15, -0.1) is 0 Å². The smallest absolute Gasteiger partial charge is 0.255 e. The number of carbonyl (C=O) groups is 1. The number of benzene rings is 1. The summed E-state index contributed by atoms with van der Waals surface area (Å²) in [5.41, 5.74) is 5.07. The topological polar surface area (TPSA) is 54.0 Å². The van der Waals surface area contributed by atoms with Gasteiger partial charge in [-0.1, -0.05) is 33.8 Å². The van der Waals surface area contributed by atoms with E-state index in [1.54, 1.807) is 6.20 Å². The number of rotatable bonds is 2. The average Bonchev–Trinajstić information content (AvgIpc) is 2.54. The number of carbonyl (C=O) groups excluding carboxylic acids is 1. The molecule has 4 heteroatoms. The molecule has 24 heavy (non-hydrogen) atoms. The molecule has 1 aliphatic heterocycles. The van der Waals surface area contributed by atoms with Gasteiger partial charge in [-0.05, 0) is 46.2 Å². The van der Waals surface area contributed by atoms with Crippen LogP contribution in [0, 0.1) is 0 Å². The van der Waals surface area contributed by atoms with Crippen LogP contribution in [0.5, 0.6) is 0 Å². The lowest BCUT2D eigenvalue weighted by Crippen LogP contribution is -2.27. The van der Waals surface area contributed by atoms with Gasteiger partial charge in [0.1, 0.15) is 0 Å². The fourth-order valence-electron chi connectivity index (χ4n) is 3.04. The van der Waals surface area contributed by atoms with Crippen molar-refractivity contribution in [2.45, 2.75) is 45.6 Å². The highest BCUT2D eigenvalue weighted by Crippen LogP contribution is 2.26. The Hall–Kier alpha value is -2.20. The summed E-state index contributed by atoms with van der Waals surface area (Å²) in [6.45, 7) is 10.4. The van der Waals surface area contributed by atoms with Crippen molar-refractivity contribution in [1.82, 2.24) is 10.3 Å². The van der Waals surface area contributed by atoms with Crippen LogP contribution in [0.4, 0.5) is 5.69 Å². The van der Waals surface area contributed by atoms with Crippen LogP contribution in [-0.4, -0.2) is 17.4 Å². The first-order valence-electron chi connectivity index (χ1n) is 8.45. The maximum absolute atomic E-state index is 12.6. The maximum Gasteiger partial charge on any atom is 0.255 e. The molecule has 1 aromatic carbocycles. The van der Waals surface area contributed by atoms with Crippen LogP contribution in [0.1, 0.15) is 60.7 Å². The van der Waals surface area contributed by atoms with Gasteiger partial charge >= 0.3 is 0 Å². The number of hydrogen-bond acceptors (Lipinski definition) is 3. The second kappa shape index (κ2) is 6.36. The lowest BCUT2D eigenvalue weighted by Gasteiger charge is -2.24. The van der Waals surface area contributed by atoms with Crippen molar-refractivity contribution in [3.8, 4) is 0 Å². The third-order valence-corrected chi connectivity index (χ3v) is 4.56. The predicted octanol–water partition coefficient (Wildman–Crippen LogP) is 3.84. The van der Waals surface area contributed by atoms with Crippen LogP contribution in [0.3, 0.4) is 0 Å². The molecule has 3 rings (SSSR count). The molecule has 1 aliphatic rings. The molecular formula is C20H25N3O. The summed E-state index contributed by atoms with van der Waals surface area (Å²) in [6.07, 6.45) is 3.54. The molecular weight excluding hydrogens is 298 g/mol. The molecule has 0 fully saturated rings. The quantitative estimate of drug-likeness (QED) is 0.883. The zero-order valence-electron chi connectivity index (χ0n) is 14.8. The minimum atomic E-state index is -0.0936. The second-order valence-corrected chi connectivity index (χ2v) is 7.61. The molecule has 0 radical (unpaired) electrons. The van der Waals surface area contributed by atoms with Gasteiger partial charge in [0, 0.05) is 24.8 Å². The summed E-state index contributed by atoms with van der Waals surface area (Å²) in [5, 5.41) is 6.36. The normalized spacial score (nSPS) is 17.2. The van der Waals surface area contributed by atoms with E-state index in [1.807, 2.05) is 24.4 Å². The van der Waals surface area contributed by atoms with Gasteiger partial charge in [0.2, 0.25) is 0 Å². The molecule has 0 spiro atoms. The van der Waals surface area contributed by atoms with Crippen molar-refractivity contribution >= 4 is 11.6 Å². The zero-order chi connectivity index (χ0) is 17.3. The van der Waals surface area contributed by atoms with Gasteiger partial charge in [0.25, 0.3) is 5.91 Å². The van der Waals surface area contributed by atoms with Gasteiger partial charge in [0.15, 0.2) is 0 Å². The number of nitrogens with one attached hydrogen (secondary N) is 2. The molecule has 1 atom stereocenters. The Morgan fingerprint density at radius 2 is 2.04 bits per heavy atom. The largest absolute Gasteiger partial charge is 0.321 e. The second-order valence-electron chi connectivity index (χ2n) is 7.61. The molecule has 2 N–H and O–H groups in total. The third-order valence-electron chi connectivity index (χ3n) is 4.56. The van der Waals surface area contributed by atoms with E-state index in [1.165, 1.54) is 11.1 Å². The average molecular weight is 323 g/mol. The van der Waals surface area contributed by atoms with Gasteiger partial charge < -0.3 is 10.6 Å². The van der Waals surface area contributed by atoms with Crippen LogP contribution in [0.25, 0.3) is 0 Å². The Labute approximate surface area is 143 Å². The summed E-state index contributed by atoms with van der Waals surface area (Å²) >= 11 is 0. The van der Waals surface area contributed by atoms with E-state index in [-0.39, 0.29) is 11.3 Å². The van der Waals surface area contributed by atoms with Gasteiger partial charge in [0.05, 0.1) is 11.9 Å². The Morgan fingerprint density at radius 1 is 1.25 bits per heavy atom. The molecule has 126 valence electrons. The number of nitrogens with zero attached hydrogens (tertiary/aromatic N) is 1. The first kappa shape index (κ1) is 16.7. The molecule has 0 bridgehead atoms. The standard InChI is InChI=1S/C20H25N3O/c1-13-9-21-10-15-7-14(5-6-18(13)15)19(24)23-17-8-16(11-22-12-17)20(2,3)4/h5-8,11-13,21H,9-10H2,1-4H3,(H,23,24). The van der Waals surface area contributed by atoms with E-state index >= 15 is 0 Å². The molecule has 1 aromatic heterocycles. The van der Waals surface area contributed by atoms with Crippen molar-refractivity contribution in [1.29, 1.82) is 0 Å². The Balaban J connectivity index is 1.81. The fourth-order valence-corrected chi connectivity index (χ4v) is 3.04. The molecule has 0 aliphatic carbocycles. The summed E-state index contributed by atoms with van der Waals surface area (Å²) in [4.78, 5) is 16.8. The van der Waals surface area contributed by atoms with Crippen molar-refractivity contribution < 1.29 is 4.79 Å². The number of fused-ring (bicyclic) bond motifs is 1. The summed E-state index contributed by atoms with van der Waals surface area (Å²) in [7, 11) is 0. The van der Waals surface area contributed by atoms with E-state index < -0.39 is 0 Å². The van der Waals surface area contributed by atoms with Crippen molar-refractivity contribution in [3.63, 3.8) is 0 Å². The van der Waals surface area contributed by atoms with Gasteiger partial charge in [-0.25, -0.2) is 0 Å². The summed E-state index contributed by atoms with van der Waals surface area (Å²) in [5.74, 6) is 0.391. The summed E-state index contributed by atoms with van der Waals surface area (Å²) < 4.78 is 0. The van der Waals surface area contributed by atoms with Crippen molar-refractivity contribution in [2.75, 3.05) is 11.9 Å². The van der Waals surface area contributed by atoms with E-state index in [9.17, 15) is 4.79 Å². The highest BCUT2D eigenvalue weighted by Gasteiger charge is 2.18. The molecule has 2 aromatic rings. The van der Waals surface area contributed by atoms with Crippen LogP contribution in [0.15, 0.2) is 36.7 Å². The van der Waals surface area contributed by atoms with E-state index in [0.717, 1.165) is 24.3 Å². The number of anilines is 1. The predicted molar refractivity (Wildman–Crippen MR) is 97.5 cm³/mol. The Bertz CT molecular complexity index is 762. The molecule has 0 saturated carbocycles. The molecule has 1 unspecified atom stereocenters. The Kier molecular flexibility index (Phi) is 4.41. The van der Waals surface area contributed by atoms with Gasteiger partial charge in [-0.2, -0.15) is 0 Å². The van der Waals surface area contributed by atoms with E-state index in [4.69, 9.17) is 0 Å². The monoisotopic (exact) mass is 323 g/mol. The van der Waals surface area contributed by atoms with Crippen molar-refractivity contribution in [2.24, 2.45) is 0 Å².